The lowest BCUT2D eigenvalue weighted by atomic mass is 10.2. The molecule has 0 bridgehead atoms. The minimum Gasteiger partial charge on any atom is -0.325 e. The van der Waals surface area contributed by atoms with Crippen LogP contribution in [0.2, 0.25) is 0 Å². The molecule has 1 aliphatic rings. The number of aliphatic imine (C=N–C) groups is 1. The quantitative estimate of drug-likeness (QED) is 0.928. The minimum absolute atomic E-state index is 0.140. The van der Waals surface area contributed by atoms with E-state index >= 15 is 0 Å². The van der Waals surface area contributed by atoms with E-state index in [2.05, 4.69) is 10.3 Å². The molecule has 1 aromatic rings. The van der Waals surface area contributed by atoms with Crippen LogP contribution in [0.4, 0.5) is 10.1 Å². The highest BCUT2D eigenvalue weighted by atomic mass is 32.2. The number of hydrogen-bond acceptors (Lipinski definition) is 4. The van der Waals surface area contributed by atoms with E-state index < -0.39 is 0 Å². The predicted octanol–water partition coefficient (Wildman–Crippen LogP) is 2.91. The molecule has 2 rings (SSSR count). The molecule has 0 saturated heterocycles. The fourth-order valence-electron chi connectivity index (χ4n) is 1.40. The van der Waals surface area contributed by atoms with E-state index in [1.165, 1.54) is 17.8 Å². The molecule has 3 nitrogen and oxygen atoms in total. The Balaban J connectivity index is 1.84. The second-order valence-corrected chi connectivity index (χ2v) is 6.10. The molecule has 0 saturated carbocycles. The number of benzene rings is 1. The highest BCUT2D eigenvalue weighted by Gasteiger charge is 2.11. The maximum atomic E-state index is 13.3. The van der Waals surface area contributed by atoms with Gasteiger partial charge in [-0.25, -0.2) is 4.39 Å². The van der Waals surface area contributed by atoms with Crippen molar-refractivity contribution in [3.05, 3.63) is 29.6 Å². The SMILES string of the molecule is Cc1ccc(NC(=O)CSC2=NCCS2)cc1F. The van der Waals surface area contributed by atoms with Crippen molar-refractivity contribution in [1.82, 2.24) is 0 Å². The zero-order valence-electron chi connectivity index (χ0n) is 9.90. The Bertz CT molecular complexity index is 491. The van der Waals surface area contributed by atoms with Crippen molar-refractivity contribution in [3.8, 4) is 0 Å². The molecule has 1 aliphatic heterocycles. The number of anilines is 1. The van der Waals surface area contributed by atoms with Crippen LogP contribution in [-0.2, 0) is 4.79 Å². The monoisotopic (exact) mass is 284 g/mol. The van der Waals surface area contributed by atoms with Crippen molar-refractivity contribution in [2.45, 2.75) is 6.92 Å². The summed E-state index contributed by atoms with van der Waals surface area (Å²) >= 11 is 3.09. The van der Waals surface area contributed by atoms with E-state index in [1.807, 2.05) is 0 Å². The van der Waals surface area contributed by atoms with Gasteiger partial charge >= 0.3 is 0 Å². The minimum atomic E-state index is -0.309. The van der Waals surface area contributed by atoms with Gasteiger partial charge in [0.15, 0.2) is 0 Å². The molecule has 1 aromatic carbocycles. The van der Waals surface area contributed by atoms with E-state index in [0.29, 0.717) is 17.0 Å². The van der Waals surface area contributed by atoms with Crippen LogP contribution >= 0.6 is 23.5 Å². The van der Waals surface area contributed by atoms with Gasteiger partial charge in [0.1, 0.15) is 10.2 Å². The third kappa shape index (κ3) is 3.74. The first kappa shape index (κ1) is 13.4. The fraction of sp³-hybridized carbons (Fsp3) is 0.333. The Morgan fingerprint density at radius 2 is 2.44 bits per heavy atom. The Kier molecular flexibility index (Phi) is 4.66. The number of amides is 1. The Morgan fingerprint density at radius 3 is 3.11 bits per heavy atom. The van der Waals surface area contributed by atoms with Crippen molar-refractivity contribution in [1.29, 1.82) is 0 Å². The zero-order valence-corrected chi connectivity index (χ0v) is 11.5. The number of nitrogens with one attached hydrogen (secondary N) is 1. The summed E-state index contributed by atoms with van der Waals surface area (Å²) in [5.74, 6) is 0.851. The molecule has 0 atom stereocenters. The number of carbonyl (C=O) groups excluding carboxylic acids is 1. The van der Waals surface area contributed by atoms with Crippen molar-refractivity contribution >= 4 is 39.5 Å². The summed E-state index contributed by atoms with van der Waals surface area (Å²) in [4.78, 5) is 15.9. The highest BCUT2D eigenvalue weighted by Crippen LogP contribution is 2.22. The lowest BCUT2D eigenvalue weighted by Crippen LogP contribution is -2.14. The molecule has 0 unspecified atom stereocenters. The van der Waals surface area contributed by atoms with Gasteiger partial charge in [0.2, 0.25) is 5.91 Å². The van der Waals surface area contributed by atoms with Crippen LogP contribution in [-0.4, -0.2) is 28.3 Å². The normalized spacial score (nSPS) is 14.4. The zero-order chi connectivity index (χ0) is 13.0. The van der Waals surface area contributed by atoms with Gasteiger partial charge in [-0.3, -0.25) is 9.79 Å². The lowest BCUT2D eigenvalue weighted by molar-refractivity contribution is -0.113. The molecule has 1 N–H and O–H groups in total. The van der Waals surface area contributed by atoms with Crippen molar-refractivity contribution < 1.29 is 9.18 Å². The Hall–Kier alpha value is -1.01. The molecule has 1 amide bonds. The Morgan fingerprint density at radius 1 is 1.61 bits per heavy atom. The van der Waals surface area contributed by atoms with Crippen LogP contribution in [0, 0.1) is 12.7 Å². The summed E-state index contributed by atoms with van der Waals surface area (Å²) in [7, 11) is 0. The van der Waals surface area contributed by atoms with Gasteiger partial charge in [-0.05, 0) is 24.6 Å². The predicted molar refractivity (Wildman–Crippen MR) is 77.0 cm³/mol. The van der Waals surface area contributed by atoms with E-state index in [0.717, 1.165) is 16.7 Å². The number of halogens is 1. The number of carbonyl (C=O) groups is 1. The summed E-state index contributed by atoms with van der Waals surface area (Å²) in [6.45, 7) is 2.52. The number of nitrogens with zero attached hydrogens (tertiary/aromatic N) is 1. The lowest BCUT2D eigenvalue weighted by Gasteiger charge is -2.06. The molecule has 0 spiro atoms. The van der Waals surface area contributed by atoms with Crippen LogP contribution in [0.25, 0.3) is 0 Å². The van der Waals surface area contributed by atoms with Crippen molar-refractivity contribution in [3.63, 3.8) is 0 Å². The molecule has 1 heterocycles. The first-order chi connectivity index (χ1) is 8.65. The fourth-order valence-corrected chi connectivity index (χ4v) is 3.21. The van der Waals surface area contributed by atoms with Crippen LogP contribution in [0.3, 0.4) is 0 Å². The molecule has 96 valence electrons. The average molecular weight is 284 g/mol. The van der Waals surface area contributed by atoms with Crippen LogP contribution in [0.5, 0.6) is 0 Å². The first-order valence-corrected chi connectivity index (χ1v) is 7.48. The summed E-state index contributed by atoms with van der Waals surface area (Å²) in [5, 5.41) is 2.67. The summed E-state index contributed by atoms with van der Waals surface area (Å²) in [6, 6.07) is 4.68. The van der Waals surface area contributed by atoms with Gasteiger partial charge in [-0.15, -0.1) is 0 Å². The molecule has 0 aliphatic carbocycles. The standard InChI is InChI=1S/C12H13FN2OS2/c1-8-2-3-9(6-10(8)13)15-11(16)7-18-12-14-4-5-17-12/h2-3,6H,4-5,7H2,1H3,(H,15,16). The van der Waals surface area contributed by atoms with E-state index in [9.17, 15) is 9.18 Å². The second kappa shape index (κ2) is 6.24. The largest absolute Gasteiger partial charge is 0.325 e. The summed E-state index contributed by atoms with van der Waals surface area (Å²) in [5.41, 5.74) is 1.06. The average Bonchev–Trinajstić information content (AvgIpc) is 2.84. The van der Waals surface area contributed by atoms with Gasteiger partial charge in [-0.2, -0.15) is 0 Å². The smallest absolute Gasteiger partial charge is 0.234 e. The number of hydrogen-bond donors (Lipinski definition) is 1. The maximum Gasteiger partial charge on any atom is 0.234 e. The second-order valence-electron chi connectivity index (χ2n) is 3.80. The Labute approximate surface area is 114 Å². The maximum absolute atomic E-state index is 13.3. The third-order valence-electron chi connectivity index (χ3n) is 2.34. The van der Waals surface area contributed by atoms with Crippen LogP contribution in [0.15, 0.2) is 23.2 Å². The van der Waals surface area contributed by atoms with Gasteiger partial charge < -0.3 is 5.32 Å². The summed E-state index contributed by atoms with van der Waals surface area (Å²) < 4.78 is 14.2. The topological polar surface area (TPSA) is 41.5 Å². The van der Waals surface area contributed by atoms with Gasteiger partial charge in [0, 0.05) is 11.4 Å². The molecular weight excluding hydrogens is 271 g/mol. The molecule has 0 fully saturated rings. The molecule has 18 heavy (non-hydrogen) atoms. The van der Waals surface area contributed by atoms with Crippen molar-refractivity contribution in [2.75, 3.05) is 23.4 Å². The third-order valence-corrected chi connectivity index (χ3v) is 4.59. The van der Waals surface area contributed by atoms with Gasteiger partial charge in [0.05, 0.1) is 12.3 Å². The van der Waals surface area contributed by atoms with Gasteiger partial charge in [-0.1, -0.05) is 29.6 Å². The van der Waals surface area contributed by atoms with E-state index in [4.69, 9.17) is 0 Å². The van der Waals surface area contributed by atoms with Crippen LogP contribution in [0.1, 0.15) is 5.56 Å². The first-order valence-electron chi connectivity index (χ1n) is 5.51. The molecular formula is C12H13FN2OS2. The molecule has 6 heteroatoms. The highest BCUT2D eigenvalue weighted by molar-refractivity contribution is 8.39. The van der Waals surface area contributed by atoms with Crippen LogP contribution < -0.4 is 5.32 Å². The van der Waals surface area contributed by atoms with E-state index in [-0.39, 0.29) is 11.7 Å². The number of rotatable bonds is 3. The van der Waals surface area contributed by atoms with Gasteiger partial charge in [0.25, 0.3) is 0 Å². The summed E-state index contributed by atoms with van der Waals surface area (Å²) in [6.07, 6.45) is 0. The molecule has 0 radical (unpaired) electrons. The number of thioether (sulfide) groups is 2. The van der Waals surface area contributed by atoms with E-state index in [1.54, 1.807) is 30.8 Å². The number of aryl methyl sites for hydroxylation is 1. The van der Waals surface area contributed by atoms with Crippen molar-refractivity contribution in [2.24, 2.45) is 4.99 Å². The molecule has 0 aromatic heterocycles.